The average molecular weight is 439 g/mol. The van der Waals surface area contributed by atoms with E-state index < -0.39 is 17.5 Å². The van der Waals surface area contributed by atoms with E-state index in [0.29, 0.717) is 12.8 Å². The van der Waals surface area contributed by atoms with Gasteiger partial charge in [-0.2, -0.15) is 0 Å². The molecule has 0 aromatic rings. The molecule has 5 nitrogen and oxygen atoms in total. The summed E-state index contributed by atoms with van der Waals surface area (Å²) in [5.74, 6) is 1.59. The highest BCUT2D eigenvalue weighted by Crippen LogP contribution is 2.41. The topological polar surface area (TPSA) is 83.8 Å². The number of carbonyl (C=O) groups is 2. The Labute approximate surface area is 190 Å². The number of cyclic esters (lactones) is 1. The predicted molar refractivity (Wildman–Crippen MR) is 127 cm³/mol. The Bertz CT molecular complexity index is 607. The lowest BCUT2D eigenvalue weighted by molar-refractivity contribution is -0.158. The quantitative estimate of drug-likeness (QED) is 0.515. The molecule has 0 aromatic carbocycles. The first-order valence-corrected chi connectivity index (χ1v) is 11.5. The van der Waals surface area contributed by atoms with E-state index in [1.165, 1.54) is 25.7 Å². The SMILES string of the molecule is C.CC1CC(O)CC(=O)O1.CCC(C)(C)C(=O)O.CCC1C(C)C=CC2=CCCCC21. The zero-order valence-electron chi connectivity index (χ0n) is 19.7. The number of aliphatic carboxylic acids is 1. The van der Waals surface area contributed by atoms with Crippen molar-refractivity contribution >= 4 is 11.9 Å². The van der Waals surface area contributed by atoms with Crippen LogP contribution in [0.3, 0.4) is 0 Å². The third kappa shape index (κ3) is 9.59. The van der Waals surface area contributed by atoms with Crippen molar-refractivity contribution in [3.63, 3.8) is 0 Å². The monoisotopic (exact) mass is 438 g/mol. The van der Waals surface area contributed by atoms with Crippen LogP contribution in [0.5, 0.6) is 0 Å². The lowest BCUT2D eigenvalue weighted by Crippen LogP contribution is -2.30. The molecular weight excluding hydrogens is 392 g/mol. The number of hydrogen-bond acceptors (Lipinski definition) is 4. The predicted octanol–water partition coefficient (Wildman–Crippen LogP) is 6.16. The first kappa shape index (κ1) is 29.4. The van der Waals surface area contributed by atoms with Gasteiger partial charge in [0.1, 0.15) is 6.10 Å². The molecule has 180 valence electrons. The summed E-state index contributed by atoms with van der Waals surface area (Å²) >= 11 is 0. The smallest absolute Gasteiger partial charge is 0.309 e. The van der Waals surface area contributed by atoms with Crippen molar-refractivity contribution in [1.82, 2.24) is 0 Å². The first-order chi connectivity index (χ1) is 14.0. The van der Waals surface area contributed by atoms with Crippen LogP contribution in [0.2, 0.25) is 0 Å². The molecule has 1 heterocycles. The number of rotatable bonds is 3. The normalized spacial score (nSPS) is 29.5. The maximum absolute atomic E-state index is 10.5. The lowest BCUT2D eigenvalue weighted by atomic mass is 9.69. The van der Waals surface area contributed by atoms with Gasteiger partial charge in [0.2, 0.25) is 0 Å². The molecule has 2 N–H and O–H groups in total. The molecule has 3 aliphatic rings. The van der Waals surface area contributed by atoms with Crippen LogP contribution in [0.1, 0.15) is 93.9 Å². The molecule has 0 amide bonds. The van der Waals surface area contributed by atoms with E-state index in [-0.39, 0.29) is 25.9 Å². The highest BCUT2D eigenvalue weighted by atomic mass is 16.5. The first-order valence-electron chi connectivity index (χ1n) is 11.5. The van der Waals surface area contributed by atoms with E-state index in [0.717, 1.165) is 17.8 Å². The van der Waals surface area contributed by atoms with Crippen molar-refractivity contribution in [2.24, 2.45) is 23.2 Å². The van der Waals surface area contributed by atoms with Gasteiger partial charge in [-0.3, -0.25) is 9.59 Å². The van der Waals surface area contributed by atoms with Gasteiger partial charge in [0.05, 0.1) is 17.9 Å². The molecule has 1 saturated heterocycles. The molecule has 5 heteroatoms. The molecule has 0 spiro atoms. The Hall–Kier alpha value is -1.62. The number of ether oxygens (including phenoxy) is 1. The van der Waals surface area contributed by atoms with Crippen LogP contribution in [0.25, 0.3) is 0 Å². The maximum atomic E-state index is 10.5. The van der Waals surface area contributed by atoms with Crippen LogP contribution in [-0.2, 0) is 14.3 Å². The summed E-state index contributed by atoms with van der Waals surface area (Å²) < 4.78 is 4.76. The van der Waals surface area contributed by atoms with Crippen LogP contribution in [0.15, 0.2) is 23.8 Å². The minimum atomic E-state index is -0.722. The fraction of sp³-hybridized carbons (Fsp3) is 0.769. The minimum Gasteiger partial charge on any atom is -0.481 e. The number of aliphatic hydroxyl groups is 1. The largest absolute Gasteiger partial charge is 0.481 e. The highest BCUT2D eigenvalue weighted by Gasteiger charge is 2.30. The van der Waals surface area contributed by atoms with E-state index in [9.17, 15) is 9.59 Å². The number of esters is 1. The van der Waals surface area contributed by atoms with Crippen molar-refractivity contribution in [1.29, 1.82) is 0 Å². The molecule has 0 bridgehead atoms. The van der Waals surface area contributed by atoms with Crippen LogP contribution in [0.4, 0.5) is 0 Å². The van der Waals surface area contributed by atoms with E-state index in [1.807, 2.05) is 6.92 Å². The van der Waals surface area contributed by atoms with Crippen molar-refractivity contribution < 1.29 is 24.5 Å². The Morgan fingerprint density at radius 1 is 1.26 bits per heavy atom. The Balaban J connectivity index is 0.000000447. The van der Waals surface area contributed by atoms with Crippen LogP contribution < -0.4 is 0 Å². The maximum Gasteiger partial charge on any atom is 0.309 e. The van der Waals surface area contributed by atoms with Gasteiger partial charge < -0.3 is 14.9 Å². The van der Waals surface area contributed by atoms with E-state index in [2.05, 4.69) is 32.1 Å². The molecule has 0 saturated carbocycles. The molecule has 2 aliphatic carbocycles. The summed E-state index contributed by atoms with van der Waals surface area (Å²) in [6.07, 6.45) is 13.5. The summed E-state index contributed by atoms with van der Waals surface area (Å²) in [5.41, 5.74) is 1.09. The number of carboxylic acids is 1. The minimum absolute atomic E-state index is 0. The van der Waals surface area contributed by atoms with Crippen LogP contribution in [-0.4, -0.2) is 34.4 Å². The molecule has 1 aliphatic heterocycles. The standard InChI is InChI=1S/C13H20.C6H10O3.C6H12O2.CH4/c1-3-12-10(2)8-9-11-6-4-5-7-13(11)12;1-4-2-5(7)3-6(8)9-4;1-4-6(2,3)5(7)8;/h6,8-10,12-13H,3-5,7H2,1-2H3;4-5,7H,2-3H2,1H3;4H2,1-3H3,(H,7,8);1H4. The molecule has 0 aromatic heterocycles. The van der Waals surface area contributed by atoms with E-state index >= 15 is 0 Å². The Morgan fingerprint density at radius 3 is 2.35 bits per heavy atom. The fourth-order valence-corrected chi connectivity index (χ4v) is 4.14. The summed E-state index contributed by atoms with van der Waals surface area (Å²) in [7, 11) is 0. The molecule has 5 atom stereocenters. The third-order valence-electron chi connectivity index (χ3n) is 6.59. The van der Waals surface area contributed by atoms with Gasteiger partial charge in [0.25, 0.3) is 0 Å². The number of carboxylic acid groups (broad SMARTS) is 1. The third-order valence-corrected chi connectivity index (χ3v) is 6.59. The van der Waals surface area contributed by atoms with Gasteiger partial charge in [-0.1, -0.05) is 52.8 Å². The average Bonchev–Trinajstić information content (AvgIpc) is 2.67. The van der Waals surface area contributed by atoms with Gasteiger partial charge in [0.15, 0.2) is 0 Å². The molecule has 31 heavy (non-hydrogen) atoms. The second kappa shape index (κ2) is 13.7. The zero-order valence-corrected chi connectivity index (χ0v) is 19.7. The van der Waals surface area contributed by atoms with Crippen molar-refractivity contribution in [2.45, 2.75) is 106 Å². The van der Waals surface area contributed by atoms with Gasteiger partial charge in [-0.05, 0) is 69.8 Å². The summed E-state index contributed by atoms with van der Waals surface area (Å²) in [6, 6.07) is 0. The second-order valence-corrected chi connectivity index (χ2v) is 9.47. The number of allylic oxidation sites excluding steroid dienone is 4. The second-order valence-electron chi connectivity index (χ2n) is 9.47. The van der Waals surface area contributed by atoms with Gasteiger partial charge in [-0.25, -0.2) is 0 Å². The molecule has 3 rings (SSSR count). The van der Waals surface area contributed by atoms with Crippen LogP contribution in [0, 0.1) is 23.2 Å². The lowest BCUT2D eigenvalue weighted by Gasteiger charge is -2.36. The van der Waals surface area contributed by atoms with Gasteiger partial charge >= 0.3 is 11.9 Å². The molecule has 5 unspecified atom stereocenters. The van der Waals surface area contributed by atoms with Gasteiger partial charge in [-0.15, -0.1) is 0 Å². The summed E-state index contributed by atoms with van der Waals surface area (Å²) in [4.78, 5) is 20.8. The zero-order chi connectivity index (χ0) is 22.9. The number of aliphatic hydroxyl groups excluding tert-OH is 1. The fourth-order valence-electron chi connectivity index (χ4n) is 4.14. The molecule has 1 fully saturated rings. The highest BCUT2D eigenvalue weighted by molar-refractivity contribution is 5.73. The summed E-state index contributed by atoms with van der Waals surface area (Å²) in [6.45, 7) is 11.8. The number of fused-ring (bicyclic) bond motifs is 1. The number of carbonyl (C=O) groups excluding carboxylic acids is 1. The number of hydrogen-bond donors (Lipinski definition) is 2. The van der Waals surface area contributed by atoms with E-state index in [1.54, 1.807) is 26.3 Å². The Kier molecular flexibility index (Phi) is 13.0. The van der Waals surface area contributed by atoms with Crippen molar-refractivity contribution in [3.8, 4) is 0 Å². The van der Waals surface area contributed by atoms with Crippen molar-refractivity contribution in [2.75, 3.05) is 0 Å². The van der Waals surface area contributed by atoms with Gasteiger partial charge in [0, 0.05) is 6.42 Å². The Morgan fingerprint density at radius 2 is 1.90 bits per heavy atom. The van der Waals surface area contributed by atoms with Crippen molar-refractivity contribution in [3.05, 3.63) is 23.8 Å². The van der Waals surface area contributed by atoms with Crippen LogP contribution >= 0.6 is 0 Å². The molecular formula is C26H46O5. The molecule has 0 radical (unpaired) electrons. The van der Waals surface area contributed by atoms with E-state index in [4.69, 9.17) is 14.9 Å². The summed E-state index contributed by atoms with van der Waals surface area (Å²) in [5, 5.41) is 17.4.